The number of hydrogen-bond donors (Lipinski definition) is 2. The molecule has 1 aliphatic heterocycles. The summed E-state index contributed by atoms with van der Waals surface area (Å²) in [6, 6.07) is 14.0. The second-order valence-corrected chi connectivity index (χ2v) is 5.95. The molecule has 0 aromatic heterocycles. The van der Waals surface area contributed by atoms with Crippen LogP contribution in [-0.4, -0.2) is 29.9 Å². The lowest BCUT2D eigenvalue weighted by atomic mass is 9.99. The van der Waals surface area contributed by atoms with Gasteiger partial charge in [0.2, 0.25) is 5.91 Å². The molecule has 1 heterocycles. The fourth-order valence-corrected chi connectivity index (χ4v) is 2.82. The zero-order chi connectivity index (χ0) is 18.5. The van der Waals surface area contributed by atoms with Gasteiger partial charge in [-0.25, -0.2) is 4.79 Å². The molecule has 0 saturated carbocycles. The van der Waals surface area contributed by atoms with E-state index in [0.717, 1.165) is 12.0 Å². The SMILES string of the molecule is N#Cc1ccc(Oc2ccc3c(c2)CN(C(=O)CNC(N)=O)CC3)cc1. The van der Waals surface area contributed by atoms with Gasteiger partial charge in [0.25, 0.3) is 0 Å². The summed E-state index contributed by atoms with van der Waals surface area (Å²) in [4.78, 5) is 24.6. The van der Waals surface area contributed by atoms with E-state index >= 15 is 0 Å². The van der Waals surface area contributed by atoms with Crippen molar-refractivity contribution in [3.63, 3.8) is 0 Å². The predicted octanol–water partition coefficient (Wildman–Crippen LogP) is 1.90. The average molecular weight is 350 g/mol. The van der Waals surface area contributed by atoms with E-state index in [9.17, 15) is 9.59 Å². The summed E-state index contributed by atoms with van der Waals surface area (Å²) >= 11 is 0. The van der Waals surface area contributed by atoms with Crippen molar-refractivity contribution in [3.8, 4) is 17.6 Å². The van der Waals surface area contributed by atoms with E-state index in [1.165, 1.54) is 5.56 Å². The fraction of sp³-hybridized carbons (Fsp3) is 0.211. The average Bonchev–Trinajstić information content (AvgIpc) is 2.66. The molecule has 0 unspecified atom stereocenters. The van der Waals surface area contributed by atoms with Crippen LogP contribution in [-0.2, 0) is 17.8 Å². The second kappa shape index (κ2) is 7.57. The Morgan fingerprint density at radius 3 is 2.58 bits per heavy atom. The maximum Gasteiger partial charge on any atom is 0.312 e. The minimum absolute atomic E-state index is 0.105. The van der Waals surface area contributed by atoms with E-state index in [-0.39, 0.29) is 12.5 Å². The van der Waals surface area contributed by atoms with Gasteiger partial charge in [-0.2, -0.15) is 5.26 Å². The molecule has 26 heavy (non-hydrogen) atoms. The van der Waals surface area contributed by atoms with Gasteiger partial charge >= 0.3 is 6.03 Å². The number of amides is 3. The number of nitrogens with two attached hydrogens (primary N) is 1. The van der Waals surface area contributed by atoms with Gasteiger partial charge in [-0.15, -0.1) is 0 Å². The van der Waals surface area contributed by atoms with Crippen molar-refractivity contribution in [3.05, 3.63) is 59.2 Å². The zero-order valence-corrected chi connectivity index (χ0v) is 14.1. The number of benzene rings is 2. The Labute approximate surface area is 151 Å². The molecule has 3 N–H and O–H groups in total. The van der Waals surface area contributed by atoms with Crippen molar-refractivity contribution in [2.75, 3.05) is 13.1 Å². The van der Waals surface area contributed by atoms with Crippen LogP contribution in [0.3, 0.4) is 0 Å². The molecule has 7 heteroatoms. The number of nitrogens with zero attached hydrogens (tertiary/aromatic N) is 2. The topological polar surface area (TPSA) is 108 Å². The smallest absolute Gasteiger partial charge is 0.312 e. The van der Waals surface area contributed by atoms with Crippen LogP contribution < -0.4 is 15.8 Å². The summed E-state index contributed by atoms with van der Waals surface area (Å²) in [6.07, 6.45) is 0.745. The van der Waals surface area contributed by atoms with Crippen molar-refractivity contribution >= 4 is 11.9 Å². The van der Waals surface area contributed by atoms with Crippen LogP contribution in [0.2, 0.25) is 0 Å². The standard InChI is InChI=1S/C19H18N4O3/c20-10-13-1-4-16(5-2-13)26-17-6-3-14-7-8-23(12-15(14)9-17)18(24)11-22-19(21)25/h1-6,9H,7-8,11-12H2,(H3,21,22,25). The van der Waals surface area contributed by atoms with Gasteiger partial charge in [-0.05, 0) is 53.9 Å². The highest BCUT2D eigenvalue weighted by molar-refractivity contribution is 5.83. The van der Waals surface area contributed by atoms with E-state index in [2.05, 4.69) is 11.4 Å². The summed E-state index contributed by atoms with van der Waals surface area (Å²) in [5, 5.41) is 11.2. The number of rotatable bonds is 4. The van der Waals surface area contributed by atoms with Crippen LogP contribution in [0.1, 0.15) is 16.7 Å². The van der Waals surface area contributed by atoms with Crippen LogP contribution in [0, 0.1) is 11.3 Å². The molecule has 0 radical (unpaired) electrons. The molecule has 0 spiro atoms. The maximum absolute atomic E-state index is 12.1. The van der Waals surface area contributed by atoms with Gasteiger partial charge in [0.15, 0.2) is 0 Å². The number of nitriles is 1. The first-order chi connectivity index (χ1) is 12.5. The lowest BCUT2D eigenvalue weighted by molar-refractivity contribution is -0.130. The summed E-state index contributed by atoms with van der Waals surface area (Å²) in [6.45, 7) is 0.952. The Hall–Kier alpha value is -3.53. The minimum atomic E-state index is -0.714. The number of primary amides is 1. The van der Waals surface area contributed by atoms with Gasteiger partial charge in [0, 0.05) is 13.1 Å². The van der Waals surface area contributed by atoms with E-state index in [1.807, 2.05) is 18.2 Å². The Morgan fingerprint density at radius 2 is 1.88 bits per heavy atom. The van der Waals surface area contributed by atoms with Crippen molar-refractivity contribution in [1.29, 1.82) is 5.26 Å². The van der Waals surface area contributed by atoms with Gasteiger partial charge < -0.3 is 20.7 Å². The summed E-state index contributed by atoms with van der Waals surface area (Å²) in [5.41, 5.74) is 7.75. The number of nitrogens with one attached hydrogen (secondary N) is 1. The normalized spacial score (nSPS) is 12.7. The molecular weight excluding hydrogens is 332 g/mol. The quantitative estimate of drug-likeness (QED) is 0.878. The molecule has 2 aromatic rings. The molecule has 0 saturated heterocycles. The molecule has 0 fully saturated rings. The molecule has 7 nitrogen and oxygen atoms in total. The molecule has 0 bridgehead atoms. The highest BCUT2D eigenvalue weighted by atomic mass is 16.5. The van der Waals surface area contributed by atoms with Crippen LogP contribution >= 0.6 is 0 Å². The molecule has 2 aromatic carbocycles. The lowest BCUT2D eigenvalue weighted by Gasteiger charge is -2.29. The third-order valence-electron chi connectivity index (χ3n) is 4.18. The highest BCUT2D eigenvalue weighted by Gasteiger charge is 2.21. The minimum Gasteiger partial charge on any atom is -0.457 e. The first-order valence-corrected chi connectivity index (χ1v) is 8.16. The summed E-state index contributed by atoms with van der Waals surface area (Å²) < 4.78 is 5.83. The van der Waals surface area contributed by atoms with E-state index < -0.39 is 6.03 Å². The van der Waals surface area contributed by atoms with Crippen molar-refractivity contribution in [2.45, 2.75) is 13.0 Å². The molecule has 1 aliphatic rings. The highest BCUT2D eigenvalue weighted by Crippen LogP contribution is 2.27. The Bertz CT molecular complexity index is 871. The molecule has 3 amide bonds. The molecular formula is C19H18N4O3. The molecule has 132 valence electrons. The molecule has 0 atom stereocenters. The van der Waals surface area contributed by atoms with Crippen molar-refractivity contribution in [1.82, 2.24) is 10.2 Å². The lowest BCUT2D eigenvalue weighted by Crippen LogP contribution is -2.43. The van der Waals surface area contributed by atoms with E-state index in [4.69, 9.17) is 15.7 Å². The first-order valence-electron chi connectivity index (χ1n) is 8.16. The second-order valence-electron chi connectivity index (χ2n) is 5.95. The number of hydrogen-bond acceptors (Lipinski definition) is 4. The first kappa shape index (κ1) is 17.3. The fourth-order valence-electron chi connectivity index (χ4n) is 2.82. The van der Waals surface area contributed by atoms with E-state index in [0.29, 0.717) is 30.2 Å². The Kier molecular flexibility index (Phi) is 5.04. The monoisotopic (exact) mass is 350 g/mol. The number of urea groups is 1. The van der Waals surface area contributed by atoms with Crippen molar-refractivity contribution < 1.29 is 14.3 Å². The third kappa shape index (κ3) is 4.11. The van der Waals surface area contributed by atoms with Crippen LogP contribution in [0.4, 0.5) is 4.79 Å². The summed E-state index contributed by atoms with van der Waals surface area (Å²) in [5.74, 6) is 1.13. The maximum atomic E-state index is 12.1. The summed E-state index contributed by atoms with van der Waals surface area (Å²) in [7, 11) is 0. The largest absolute Gasteiger partial charge is 0.457 e. The van der Waals surface area contributed by atoms with E-state index in [1.54, 1.807) is 29.2 Å². The molecule has 0 aliphatic carbocycles. The van der Waals surface area contributed by atoms with Crippen LogP contribution in [0.25, 0.3) is 0 Å². The molecule has 3 rings (SSSR count). The van der Waals surface area contributed by atoms with Crippen molar-refractivity contribution in [2.24, 2.45) is 5.73 Å². The zero-order valence-electron chi connectivity index (χ0n) is 14.1. The number of fused-ring (bicyclic) bond motifs is 1. The Balaban J connectivity index is 1.69. The number of carbonyl (C=O) groups is 2. The number of ether oxygens (including phenoxy) is 1. The number of carbonyl (C=O) groups excluding carboxylic acids is 2. The Morgan fingerprint density at radius 1 is 1.15 bits per heavy atom. The predicted molar refractivity (Wildman–Crippen MR) is 94.4 cm³/mol. The van der Waals surface area contributed by atoms with Crippen LogP contribution in [0.5, 0.6) is 11.5 Å². The van der Waals surface area contributed by atoms with Gasteiger partial charge in [0.1, 0.15) is 11.5 Å². The van der Waals surface area contributed by atoms with Crippen LogP contribution in [0.15, 0.2) is 42.5 Å². The van der Waals surface area contributed by atoms with Gasteiger partial charge in [-0.3, -0.25) is 4.79 Å². The third-order valence-corrected chi connectivity index (χ3v) is 4.18. The van der Waals surface area contributed by atoms with Gasteiger partial charge in [0.05, 0.1) is 18.2 Å². The van der Waals surface area contributed by atoms with Gasteiger partial charge in [-0.1, -0.05) is 6.07 Å².